The molecule has 2 aromatic carbocycles. The third-order valence-corrected chi connectivity index (χ3v) is 6.32. The fourth-order valence-corrected chi connectivity index (χ4v) is 4.44. The van der Waals surface area contributed by atoms with Crippen molar-refractivity contribution >= 4 is 18.0 Å². The van der Waals surface area contributed by atoms with Crippen LogP contribution in [0.2, 0.25) is 0 Å². The quantitative estimate of drug-likeness (QED) is 0.563. The molecular formula is C24H24F2N2O5. The molecule has 174 valence electrons. The van der Waals surface area contributed by atoms with E-state index >= 15 is 0 Å². The summed E-state index contributed by atoms with van der Waals surface area (Å²) in [6.07, 6.45) is -0.780. The van der Waals surface area contributed by atoms with Gasteiger partial charge in [-0.25, -0.2) is 18.4 Å². The third-order valence-electron chi connectivity index (χ3n) is 6.32. The van der Waals surface area contributed by atoms with Crippen molar-refractivity contribution in [3.8, 4) is 11.1 Å². The van der Waals surface area contributed by atoms with Gasteiger partial charge in [0.05, 0.1) is 5.92 Å². The van der Waals surface area contributed by atoms with E-state index in [0.717, 1.165) is 22.3 Å². The maximum Gasteiger partial charge on any atom is 0.407 e. The molecule has 2 aliphatic rings. The number of hydrogen-bond donors (Lipinski definition) is 3. The molecule has 4 rings (SSSR count). The number of alkyl halides is 2. The summed E-state index contributed by atoms with van der Waals surface area (Å²) in [4.78, 5) is 35.3. The first kappa shape index (κ1) is 22.7. The van der Waals surface area contributed by atoms with Crippen molar-refractivity contribution in [2.45, 2.75) is 31.2 Å². The first-order valence-corrected chi connectivity index (χ1v) is 10.8. The average molecular weight is 458 g/mol. The number of rotatable bonds is 8. The predicted molar refractivity (Wildman–Crippen MR) is 115 cm³/mol. The summed E-state index contributed by atoms with van der Waals surface area (Å²) in [7, 11) is 0. The zero-order valence-electron chi connectivity index (χ0n) is 17.9. The molecule has 1 saturated carbocycles. The van der Waals surface area contributed by atoms with Crippen molar-refractivity contribution < 1.29 is 33.0 Å². The highest BCUT2D eigenvalue weighted by molar-refractivity contribution is 5.88. The summed E-state index contributed by atoms with van der Waals surface area (Å²) in [5, 5.41) is 13.4. The maximum atomic E-state index is 14.1. The zero-order valence-corrected chi connectivity index (χ0v) is 17.9. The number of benzene rings is 2. The van der Waals surface area contributed by atoms with E-state index in [1.165, 1.54) is 6.92 Å². The van der Waals surface area contributed by atoms with Gasteiger partial charge in [0.15, 0.2) is 0 Å². The van der Waals surface area contributed by atoms with Gasteiger partial charge in [-0.1, -0.05) is 55.5 Å². The summed E-state index contributed by atoms with van der Waals surface area (Å²) in [5.41, 5.74) is 4.20. The molecule has 2 amide bonds. The van der Waals surface area contributed by atoms with E-state index in [4.69, 9.17) is 9.84 Å². The molecule has 3 atom stereocenters. The molecule has 0 aromatic heterocycles. The van der Waals surface area contributed by atoms with Gasteiger partial charge in [0.25, 0.3) is 5.92 Å². The molecule has 0 bridgehead atoms. The van der Waals surface area contributed by atoms with E-state index in [9.17, 15) is 23.2 Å². The first-order valence-electron chi connectivity index (χ1n) is 10.8. The van der Waals surface area contributed by atoms with E-state index in [1.54, 1.807) is 0 Å². The highest BCUT2D eigenvalue weighted by atomic mass is 19.3. The van der Waals surface area contributed by atoms with Gasteiger partial charge >= 0.3 is 12.1 Å². The van der Waals surface area contributed by atoms with Crippen LogP contribution in [0.5, 0.6) is 0 Å². The van der Waals surface area contributed by atoms with Gasteiger partial charge in [0.1, 0.15) is 18.6 Å². The first-order chi connectivity index (χ1) is 15.8. The number of aliphatic carboxylic acids is 1. The highest BCUT2D eigenvalue weighted by Crippen LogP contribution is 2.55. The highest BCUT2D eigenvalue weighted by Gasteiger charge is 2.71. The Labute approximate surface area is 189 Å². The molecule has 1 fully saturated rings. The lowest BCUT2D eigenvalue weighted by Gasteiger charge is -2.14. The minimum atomic E-state index is -3.32. The molecule has 0 saturated heterocycles. The van der Waals surface area contributed by atoms with Crippen LogP contribution in [0.15, 0.2) is 48.5 Å². The number of fused-ring (bicyclic) bond motifs is 3. The van der Waals surface area contributed by atoms with Crippen molar-refractivity contribution in [1.29, 1.82) is 0 Å². The van der Waals surface area contributed by atoms with Crippen molar-refractivity contribution in [1.82, 2.24) is 10.6 Å². The molecule has 2 aromatic rings. The number of amides is 2. The van der Waals surface area contributed by atoms with E-state index in [1.807, 2.05) is 48.5 Å². The lowest BCUT2D eigenvalue weighted by Crippen LogP contribution is -2.42. The Hall–Kier alpha value is -3.49. The van der Waals surface area contributed by atoms with E-state index < -0.39 is 48.3 Å². The number of halogens is 2. The Bertz CT molecular complexity index is 1040. The number of nitrogens with one attached hydrogen (secondary N) is 2. The summed E-state index contributed by atoms with van der Waals surface area (Å²) >= 11 is 0. The van der Waals surface area contributed by atoms with Crippen LogP contribution in [0.1, 0.15) is 30.4 Å². The van der Waals surface area contributed by atoms with E-state index in [2.05, 4.69) is 10.6 Å². The van der Waals surface area contributed by atoms with Crippen molar-refractivity contribution in [2.24, 2.45) is 11.8 Å². The summed E-state index contributed by atoms with van der Waals surface area (Å²) in [5.74, 6) is -8.90. The molecule has 0 heterocycles. The summed E-state index contributed by atoms with van der Waals surface area (Å²) in [6.45, 7) is 1.12. The molecule has 3 unspecified atom stereocenters. The number of ether oxygens (including phenoxy) is 1. The van der Waals surface area contributed by atoms with Gasteiger partial charge in [0.2, 0.25) is 5.91 Å². The normalized spacial score (nSPS) is 20.8. The SMILES string of the molecule is CCC(NC(=O)C1C(CNC(=O)OCC2c3ccccc3-c3ccccc32)C1(F)F)C(=O)O. The van der Waals surface area contributed by atoms with Crippen molar-refractivity contribution in [3.63, 3.8) is 0 Å². The monoisotopic (exact) mass is 458 g/mol. The van der Waals surface area contributed by atoms with Crippen LogP contribution in [-0.2, 0) is 14.3 Å². The minimum absolute atomic E-state index is 0.0433. The second kappa shape index (κ2) is 8.80. The number of carbonyl (C=O) groups is 3. The number of alkyl carbamates (subject to hydrolysis) is 1. The molecule has 33 heavy (non-hydrogen) atoms. The zero-order chi connectivity index (χ0) is 23.8. The molecule has 0 aliphatic heterocycles. The third kappa shape index (κ3) is 4.27. The Morgan fingerprint density at radius 1 is 1.06 bits per heavy atom. The lowest BCUT2D eigenvalue weighted by molar-refractivity contribution is -0.142. The molecular weight excluding hydrogens is 434 g/mol. The van der Waals surface area contributed by atoms with Gasteiger partial charge in [0, 0.05) is 12.5 Å². The Morgan fingerprint density at radius 2 is 1.64 bits per heavy atom. The molecule has 0 radical (unpaired) electrons. The van der Waals surface area contributed by atoms with Gasteiger partial charge in [-0.2, -0.15) is 0 Å². The Balaban J connectivity index is 1.32. The van der Waals surface area contributed by atoms with Crippen LogP contribution >= 0.6 is 0 Å². The molecule has 3 N–H and O–H groups in total. The minimum Gasteiger partial charge on any atom is -0.480 e. The number of carboxylic acid groups (broad SMARTS) is 1. The Morgan fingerprint density at radius 3 is 2.18 bits per heavy atom. The lowest BCUT2D eigenvalue weighted by atomic mass is 9.98. The largest absolute Gasteiger partial charge is 0.480 e. The topological polar surface area (TPSA) is 105 Å². The molecule has 2 aliphatic carbocycles. The van der Waals surface area contributed by atoms with Crippen LogP contribution in [0.3, 0.4) is 0 Å². The average Bonchev–Trinajstić information content (AvgIpc) is 3.20. The fraction of sp³-hybridized carbons (Fsp3) is 0.375. The van der Waals surface area contributed by atoms with Gasteiger partial charge in [-0.3, -0.25) is 4.79 Å². The smallest absolute Gasteiger partial charge is 0.407 e. The van der Waals surface area contributed by atoms with E-state index in [0.29, 0.717) is 0 Å². The summed E-state index contributed by atoms with van der Waals surface area (Å²) < 4.78 is 33.5. The number of carboxylic acids is 1. The molecule has 0 spiro atoms. The predicted octanol–water partition coefficient (Wildman–Crippen LogP) is 3.39. The Kier molecular flexibility index (Phi) is 6.05. The standard InChI is InChI=1S/C24H24F2N2O5/c1-2-19(22(30)31)28-21(29)20-18(24(20,25)26)11-27-23(32)33-12-17-15-9-5-3-7-13(15)14-8-4-6-10-16(14)17/h3-10,17-20H,2,11-12H2,1H3,(H,27,32)(H,28,29)(H,30,31). The van der Waals surface area contributed by atoms with Crippen LogP contribution in [0.4, 0.5) is 13.6 Å². The van der Waals surface area contributed by atoms with Crippen LogP contribution < -0.4 is 10.6 Å². The maximum absolute atomic E-state index is 14.1. The number of hydrogen-bond acceptors (Lipinski definition) is 4. The molecule has 7 nitrogen and oxygen atoms in total. The van der Waals surface area contributed by atoms with Crippen LogP contribution in [0.25, 0.3) is 11.1 Å². The van der Waals surface area contributed by atoms with Gasteiger partial charge < -0.3 is 20.5 Å². The fourth-order valence-electron chi connectivity index (χ4n) is 4.44. The van der Waals surface area contributed by atoms with Crippen LogP contribution in [0, 0.1) is 11.8 Å². The van der Waals surface area contributed by atoms with Crippen molar-refractivity contribution in [3.05, 3.63) is 59.7 Å². The van der Waals surface area contributed by atoms with Crippen LogP contribution in [-0.4, -0.2) is 48.2 Å². The van der Waals surface area contributed by atoms with Gasteiger partial charge in [-0.15, -0.1) is 0 Å². The van der Waals surface area contributed by atoms with Gasteiger partial charge in [-0.05, 0) is 28.7 Å². The number of carbonyl (C=O) groups excluding carboxylic acids is 2. The van der Waals surface area contributed by atoms with Crippen molar-refractivity contribution in [2.75, 3.05) is 13.2 Å². The second-order valence-corrected chi connectivity index (χ2v) is 8.27. The molecule has 9 heteroatoms. The van der Waals surface area contributed by atoms with E-state index in [-0.39, 0.29) is 18.9 Å². The summed E-state index contributed by atoms with van der Waals surface area (Å²) in [6, 6.07) is 14.4. The second-order valence-electron chi connectivity index (χ2n) is 8.27.